The summed E-state index contributed by atoms with van der Waals surface area (Å²) in [6, 6.07) is 7.83. The maximum Gasteiger partial charge on any atom is 0.408 e. The number of nitrogens with zero attached hydrogens (tertiary/aromatic N) is 3. The summed E-state index contributed by atoms with van der Waals surface area (Å²) in [5.74, 6) is 0.989. The Morgan fingerprint density at radius 2 is 1.84 bits per heavy atom. The van der Waals surface area contributed by atoms with E-state index in [1.165, 1.54) is 6.42 Å². The Balaban J connectivity index is 1.41. The van der Waals surface area contributed by atoms with Gasteiger partial charge in [-0.15, -0.1) is 0 Å². The Bertz CT molecular complexity index is 1360. The zero-order chi connectivity index (χ0) is 31.0. The van der Waals surface area contributed by atoms with E-state index in [1.807, 2.05) is 35.0 Å². The van der Waals surface area contributed by atoms with Crippen LogP contribution in [-0.2, 0) is 27.4 Å². The van der Waals surface area contributed by atoms with Crippen molar-refractivity contribution in [1.82, 2.24) is 25.2 Å². The second-order valence-corrected chi connectivity index (χ2v) is 19.1. The number of aromatic nitrogens is 3. The van der Waals surface area contributed by atoms with Crippen LogP contribution < -0.4 is 15.4 Å². The summed E-state index contributed by atoms with van der Waals surface area (Å²) in [6.45, 7) is 13.6. The van der Waals surface area contributed by atoms with Gasteiger partial charge in [0.05, 0.1) is 11.6 Å². The van der Waals surface area contributed by atoms with Gasteiger partial charge in [-0.25, -0.2) is 9.78 Å². The average Bonchev–Trinajstić information content (AvgIpc) is 3.35. The van der Waals surface area contributed by atoms with E-state index < -0.39 is 25.8 Å². The van der Waals surface area contributed by atoms with Crippen molar-refractivity contribution in [1.29, 1.82) is 0 Å². The predicted octanol–water partition coefficient (Wildman–Crippen LogP) is 6.42. The number of nitrogens with one attached hydrogen (secondary N) is 2. The molecule has 10 nitrogen and oxygen atoms in total. The van der Waals surface area contributed by atoms with Gasteiger partial charge >= 0.3 is 6.09 Å². The van der Waals surface area contributed by atoms with Gasteiger partial charge in [-0.05, 0) is 63.9 Å². The lowest BCUT2D eigenvalue weighted by Crippen LogP contribution is -2.52. The van der Waals surface area contributed by atoms with Gasteiger partial charge < -0.3 is 29.4 Å². The number of hydrogen-bond donors (Lipinski definition) is 2. The SMILES string of the molecule is CC(C)(C)OC(=O)N[C@@H](Cc1ccc(Oc2ccnc3c2ccn3COCC[Si](C)(C)C)cn1)C(=O)NC1CCCCC1. The third kappa shape index (κ3) is 10.4. The molecule has 11 heteroatoms. The highest BCUT2D eigenvalue weighted by molar-refractivity contribution is 6.76. The van der Waals surface area contributed by atoms with Gasteiger partial charge in [0.2, 0.25) is 5.91 Å². The molecule has 0 bridgehead atoms. The fourth-order valence-electron chi connectivity index (χ4n) is 4.94. The monoisotopic (exact) mass is 609 g/mol. The molecule has 0 saturated heterocycles. The fourth-order valence-corrected chi connectivity index (χ4v) is 5.69. The molecule has 0 aromatic carbocycles. The van der Waals surface area contributed by atoms with Crippen molar-refractivity contribution in [2.75, 3.05) is 6.61 Å². The minimum Gasteiger partial charge on any atom is -0.455 e. The smallest absolute Gasteiger partial charge is 0.408 e. The molecule has 1 fully saturated rings. The van der Waals surface area contributed by atoms with Crippen molar-refractivity contribution in [3.8, 4) is 11.5 Å². The Labute approximate surface area is 255 Å². The van der Waals surface area contributed by atoms with Crippen LogP contribution in [0.15, 0.2) is 42.9 Å². The quantitative estimate of drug-likeness (QED) is 0.180. The number of ether oxygens (including phenoxy) is 3. The van der Waals surface area contributed by atoms with Gasteiger partial charge in [-0.3, -0.25) is 9.78 Å². The molecular weight excluding hydrogens is 562 g/mol. The van der Waals surface area contributed by atoms with Crippen LogP contribution in [-0.4, -0.2) is 58.9 Å². The summed E-state index contributed by atoms with van der Waals surface area (Å²) in [7, 11) is -1.15. The number of pyridine rings is 2. The number of carbonyl (C=O) groups is 2. The number of alkyl carbamates (subject to hydrolysis) is 1. The lowest BCUT2D eigenvalue weighted by molar-refractivity contribution is -0.124. The van der Waals surface area contributed by atoms with Crippen LogP contribution >= 0.6 is 0 Å². The molecule has 3 aromatic heterocycles. The van der Waals surface area contributed by atoms with Gasteiger partial charge in [-0.2, -0.15) is 0 Å². The zero-order valence-electron chi connectivity index (χ0n) is 26.4. The van der Waals surface area contributed by atoms with E-state index in [4.69, 9.17) is 14.2 Å². The molecule has 43 heavy (non-hydrogen) atoms. The average molecular weight is 610 g/mol. The van der Waals surface area contributed by atoms with Crippen LogP contribution in [0.1, 0.15) is 58.6 Å². The van der Waals surface area contributed by atoms with Crippen molar-refractivity contribution in [2.45, 2.75) is 109 Å². The molecule has 1 saturated carbocycles. The van der Waals surface area contributed by atoms with Crippen LogP contribution in [0.5, 0.6) is 11.5 Å². The largest absolute Gasteiger partial charge is 0.455 e. The second-order valence-electron chi connectivity index (χ2n) is 13.5. The normalized spacial score (nSPS) is 15.2. The van der Waals surface area contributed by atoms with Crippen LogP contribution in [0.4, 0.5) is 4.79 Å². The Hall–Kier alpha value is -3.44. The third-order valence-corrected chi connectivity index (χ3v) is 8.95. The molecular formula is C32H47N5O5Si. The number of rotatable bonds is 12. The molecule has 1 atom stereocenters. The van der Waals surface area contributed by atoms with E-state index in [9.17, 15) is 9.59 Å². The zero-order valence-corrected chi connectivity index (χ0v) is 27.4. The molecule has 234 valence electrons. The van der Waals surface area contributed by atoms with Crippen LogP contribution in [0.3, 0.4) is 0 Å². The number of amides is 2. The molecule has 0 aliphatic heterocycles. The van der Waals surface area contributed by atoms with Crippen molar-refractivity contribution in [3.63, 3.8) is 0 Å². The summed E-state index contributed by atoms with van der Waals surface area (Å²) in [5, 5.41) is 6.74. The van der Waals surface area contributed by atoms with Gasteiger partial charge in [0.25, 0.3) is 0 Å². The Morgan fingerprint density at radius 1 is 1.07 bits per heavy atom. The summed E-state index contributed by atoms with van der Waals surface area (Å²) in [4.78, 5) is 34.9. The van der Waals surface area contributed by atoms with Crippen LogP contribution in [0.2, 0.25) is 25.7 Å². The van der Waals surface area contributed by atoms with Crippen molar-refractivity contribution < 1.29 is 23.8 Å². The van der Waals surface area contributed by atoms with Gasteiger partial charge in [0.15, 0.2) is 0 Å². The van der Waals surface area contributed by atoms with E-state index in [0.29, 0.717) is 23.9 Å². The molecule has 0 radical (unpaired) electrons. The maximum atomic E-state index is 13.2. The van der Waals surface area contributed by atoms with Gasteiger partial charge in [-0.1, -0.05) is 38.9 Å². The highest BCUT2D eigenvalue weighted by Gasteiger charge is 2.27. The summed E-state index contributed by atoms with van der Waals surface area (Å²) in [5.41, 5.74) is 0.759. The van der Waals surface area contributed by atoms with Crippen molar-refractivity contribution in [3.05, 3.63) is 48.5 Å². The first-order valence-corrected chi connectivity index (χ1v) is 19.0. The lowest BCUT2D eigenvalue weighted by atomic mass is 9.95. The molecule has 0 unspecified atom stereocenters. The van der Waals surface area contributed by atoms with E-state index >= 15 is 0 Å². The van der Waals surface area contributed by atoms with E-state index in [-0.39, 0.29) is 18.4 Å². The molecule has 3 heterocycles. The van der Waals surface area contributed by atoms with Crippen molar-refractivity contribution >= 4 is 31.1 Å². The standard InChI is InChI=1S/C32H47N5O5Si/c1-32(2,3)42-31(39)36-27(30(38)35-23-10-8-7-9-11-23)20-24-12-13-25(21-34-24)41-28-14-16-33-29-26(28)15-17-37(29)22-40-18-19-43(4,5)6/h12-17,21,23,27H,7-11,18-20,22H2,1-6H3,(H,35,38)(H,36,39)/t27-/m0/s1. The van der Waals surface area contributed by atoms with E-state index in [1.54, 1.807) is 33.2 Å². The molecule has 1 aliphatic carbocycles. The molecule has 4 rings (SSSR count). The topological polar surface area (TPSA) is 117 Å². The molecule has 1 aliphatic rings. The van der Waals surface area contributed by atoms with Gasteiger partial charge in [0, 0.05) is 45.2 Å². The van der Waals surface area contributed by atoms with Crippen LogP contribution in [0.25, 0.3) is 11.0 Å². The van der Waals surface area contributed by atoms with Crippen LogP contribution in [0, 0.1) is 0 Å². The van der Waals surface area contributed by atoms with Crippen molar-refractivity contribution in [2.24, 2.45) is 0 Å². The van der Waals surface area contributed by atoms with E-state index in [0.717, 1.165) is 49.4 Å². The first-order chi connectivity index (χ1) is 20.4. The first-order valence-electron chi connectivity index (χ1n) is 15.3. The molecule has 2 amide bonds. The summed E-state index contributed by atoms with van der Waals surface area (Å²) in [6.07, 6.45) is 10.2. The third-order valence-electron chi connectivity index (χ3n) is 7.25. The Morgan fingerprint density at radius 3 is 2.51 bits per heavy atom. The minimum atomic E-state index is -1.15. The first kappa shape index (κ1) is 32.5. The molecule has 3 aromatic rings. The fraction of sp³-hybridized carbons (Fsp3) is 0.562. The molecule has 0 spiro atoms. The highest BCUT2D eigenvalue weighted by Crippen LogP contribution is 2.29. The minimum absolute atomic E-state index is 0.122. The lowest BCUT2D eigenvalue weighted by Gasteiger charge is -2.27. The number of fused-ring (bicyclic) bond motifs is 1. The van der Waals surface area contributed by atoms with E-state index in [2.05, 4.69) is 40.2 Å². The molecule has 2 N–H and O–H groups in total. The van der Waals surface area contributed by atoms with Gasteiger partial charge in [0.1, 0.15) is 35.5 Å². The summed E-state index contributed by atoms with van der Waals surface area (Å²) < 4.78 is 19.5. The number of hydrogen-bond acceptors (Lipinski definition) is 7. The summed E-state index contributed by atoms with van der Waals surface area (Å²) >= 11 is 0. The second kappa shape index (κ2) is 14.4. The maximum absolute atomic E-state index is 13.2. The number of carbonyl (C=O) groups excluding carboxylic acids is 2. The predicted molar refractivity (Wildman–Crippen MR) is 170 cm³/mol. The Kier molecular flexibility index (Phi) is 10.8. The highest BCUT2D eigenvalue weighted by atomic mass is 28.3.